The molecule has 0 saturated heterocycles. The minimum absolute atomic E-state index is 0.0311. The van der Waals surface area contributed by atoms with Crippen molar-refractivity contribution >= 4 is 21.4 Å². The van der Waals surface area contributed by atoms with Gasteiger partial charge in [0, 0.05) is 10.7 Å². The first kappa shape index (κ1) is 12.6. The number of hydrogen-bond donors (Lipinski definition) is 2. The third-order valence-corrected chi connectivity index (χ3v) is 4.54. The number of hydrogen-bond acceptors (Lipinski definition) is 3. The molecule has 2 unspecified atom stereocenters. The highest BCUT2D eigenvalue weighted by atomic mass is 32.1. The van der Waals surface area contributed by atoms with Crippen molar-refractivity contribution in [1.82, 2.24) is 5.32 Å². The fourth-order valence-corrected chi connectivity index (χ4v) is 3.01. The molecule has 1 aromatic carbocycles. The fraction of sp³-hybridized carbons (Fsp3) is 0.429. The zero-order valence-electron chi connectivity index (χ0n) is 10.5. The molecule has 17 heavy (non-hydrogen) atoms. The molecule has 0 aliphatic heterocycles. The number of rotatable bonds is 4. The Hall–Kier alpha value is -0.900. The summed E-state index contributed by atoms with van der Waals surface area (Å²) in [7, 11) is 1.88. The summed E-state index contributed by atoms with van der Waals surface area (Å²) in [6, 6.07) is 8.37. The second kappa shape index (κ2) is 4.77. The summed E-state index contributed by atoms with van der Waals surface area (Å²) in [5, 5.41) is 17.2. The third kappa shape index (κ3) is 2.10. The standard InChI is InChI=1S/C14H19NOS/c1-4-14(16,10(2)15-3)12-5-6-13-11(9-12)7-8-17-13/h5-10,15-16H,4H2,1-3H3. The van der Waals surface area contributed by atoms with E-state index >= 15 is 0 Å². The molecule has 0 amide bonds. The molecule has 2 nitrogen and oxygen atoms in total. The van der Waals surface area contributed by atoms with E-state index in [4.69, 9.17) is 0 Å². The van der Waals surface area contributed by atoms with E-state index in [1.54, 1.807) is 11.3 Å². The topological polar surface area (TPSA) is 32.3 Å². The summed E-state index contributed by atoms with van der Waals surface area (Å²) < 4.78 is 1.27. The molecule has 2 N–H and O–H groups in total. The summed E-state index contributed by atoms with van der Waals surface area (Å²) in [6.45, 7) is 4.03. The molecule has 2 rings (SSSR count). The van der Waals surface area contributed by atoms with Crippen molar-refractivity contribution in [3.8, 4) is 0 Å². The highest BCUT2D eigenvalue weighted by Gasteiger charge is 2.33. The molecule has 0 bridgehead atoms. The lowest BCUT2D eigenvalue weighted by molar-refractivity contribution is 0.00120. The van der Waals surface area contributed by atoms with Gasteiger partial charge in [-0.3, -0.25) is 0 Å². The number of thiophene rings is 1. The van der Waals surface area contributed by atoms with Crippen LogP contribution in [-0.4, -0.2) is 18.2 Å². The summed E-state index contributed by atoms with van der Waals surface area (Å²) in [4.78, 5) is 0. The molecule has 0 saturated carbocycles. The number of nitrogens with one attached hydrogen (secondary N) is 1. The minimum Gasteiger partial charge on any atom is -0.384 e. The van der Waals surface area contributed by atoms with Crippen molar-refractivity contribution in [2.75, 3.05) is 7.05 Å². The van der Waals surface area contributed by atoms with Crippen LogP contribution in [0.1, 0.15) is 25.8 Å². The molecule has 0 radical (unpaired) electrons. The monoisotopic (exact) mass is 249 g/mol. The molecular formula is C14H19NOS. The van der Waals surface area contributed by atoms with Crippen LogP contribution >= 0.6 is 11.3 Å². The lowest BCUT2D eigenvalue weighted by atomic mass is 9.84. The molecule has 0 aliphatic rings. The predicted octanol–water partition coefficient (Wildman–Crippen LogP) is 3.11. The Bertz CT molecular complexity index is 508. The van der Waals surface area contributed by atoms with Crippen LogP contribution < -0.4 is 5.32 Å². The van der Waals surface area contributed by atoms with E-state index in [9.17, 15) is 5.11 Å². The lowest BCUT2D eigenvalue weighted by Gasteiger charge is -2.33. The van der Waals surface area contributed by atoms with Gasteiger partial charge in [0.1, 0.15) is 5.60 Å². The Morgan fingerprint density at radius 3 is 2.82 bits per heavy atom. The first-order valence-corrected chi connectivity index (χ1v) is 6.87. The van der Waals surface area contributed by atoms with E-state index in [0.717, 1.165) is 5.56 Å². The maximum atomic E-state index is 10.8. The molecule has 1 heterocycles. The van der Waals surface area contributed by atoms with Crippen molar-refractivity contribution in [3.05, 3.63) is 35.2 Å². The van der Waals surface area contributed by atoms with Gasteiger partial charge in [0.15, 0.2) is 0 Å². The number of aliphatic hydroxyl groups is 1. The van der Waals surface area contributed by atoms with Gasteiger partial charge >= 0.3 is 0 Å². The molecule has 0 fully saturated rings. The Labute approximate surface area is 106 Å². The Morgan fingerprint density at radius 2 is 2.18 bits per heavy atom. The van der Waals surface area contributed by atoms with Crippen LogP contribution in [0, 0.1) is 0 Å². The normalized spacial score (nSPS) is 16.9. The average molecular weight is 249 g/mol. The first-order chi connectivity index (χ1) is 8.11. The van der Waals surface area contributed by atoms with E-state index < -0.39 is 5.60 Å². The van der Waals surface area contributed by atoms with Gasteiger partial charge in [-0.25, -0.2) is 0 Å². The van der Waals surface area contributed by atoms with Crippen LogP contribution in [0.15, 0.2) is 29.6 Å². The summed E-state index contributed by atoms with van der Waals surface area (Å²) in [6.07, 6.45) is 0.699. The molecule has 2 atom stereocenters. The molecule has 3 heteroatoms. The maximum Gasteiger partial charge on any atom is 0.104 e. The Kier molecular flexibility index (Phi) is 3.52. The Morgan fingerprint density at radius 1 is 1.41 bits per heavy atom. The van der Waals surface area contributed by atoms with Crippen LogP contribution in [-0.2, 0) is 5.60 Å². The van der Waals surface area contributed by atoms with Crippen molar-refractivity contribution in [2.24, 2.45) is 0 Å². The number of likely N-dealkylation sites (N-methyl/N-ethyl adjacent to an activating group) is 1. The lowest BCUT2D eigenvalue weighted by Crippen LogP contribution is -2.44. The van der Waals surface area contributed by atoms with Crippen LogP contribution in [0.5, 0.6) is 0 Å². The molecular weight excluding hydrogens is 230 g/mol. The summed E-state index contributed by atoms with van der Waals surface area (Å²) in [5.41, 5.74) is 0.193. The molecule has 92 valence electrons. The van der Waals surface area contributed by atoms with E-state index in [0.29, 0.717) is 6.42 Å². The molecule has 0 spiro atoms. The number of benzene rings is 1. The number of fused-ring (bicyclic) bond motifs is 1. The second-order valence-electron chi connectivity index (χ2n) is 4.46. The smallest absolute Gasteiger partial charge is 0.104 e. The fourth-order valence-electron chi connectivity index (χ4n) is 2.24. The van der Waals surface area contributed by atoms with Crippen molar-refractivity contribution in [1.29, 1.82) is 0 Å². The van der Waals surface area contributed by atoms with E-state index in [2.05, 4.69) is 28.9 Å². The highest BCUT2D eigenvalue weighted by molar-refractivity contribution is 7.17. The van der Waals surface area contributed by atoms with Gasteiger partial charge in [-0.15, -0.1) is 11.3 Å². The van der Waals surface area contributed by atoms with E-state index in [-0.39, 0.29) is 6.04 Å². The Balaban J connectivity index is 2.48. The minimum atomic E-state index is -0.801. The average Bonchev–Trinajstić information content (AvgIpc) is 2.83. The van der Waals surface area contributed by atoms with Crippen molar-refractivity contribution < 1.29 is 5.11 Å². The van der Waals surface area contributed by atoms with Gasteiger partial charge in [-0.1, -0.05) is 13.0 Å². The van der Waals surface area contributed by atoms with Gasteiger partial charge in [-0.05, 0) is 54.9 Å². The quantitative estimate of drug-likeness (QED) is 0.872. The first-order valence-electron chi connectivity index (χ1n) is 5.99. The molecule has 0 aliphatic carbocycles. The van der Waals surface area contributed by atoms with E-state index in [1.165, 1.54) is 10.1 Å². The summed E-state index contributed by atoms with van der Waals surface area (Å²) in [5.74, 6) is 0. The third-order valence-electron chi connectivity index (χ3n) is 3.64. The van der Waals surface area contributed by atoms with Gasteiger partial charge < -0.3 is 10.4 Å². The predicted molar refractivity (Wildman–Crippen MR) is 74.5 cm³/mol. The summed E-state index contributed by atoms with van der Waals surface area (Å²) >= 11 is 1.73. The maximum absolute atomic E-state index is 10.8. The zero-order valence-corrected chi connectivity index (χ0v) is 11.3. The van der Waals surface area contributed by atoms with Gasteiger partial charge in [-0.2, -0.15) is 0 Å². The molecule has 2 aromatic rings. The zero-order chi connectivity index (χ0) is 12.5. The van der Waals surface area contributed by atoms with Gasteiger partial charge in [0.05, 0.1) is 0 Å². The molecule has 1 aromatic heterocycles. The van der Waals surface area contributed by atoms with Crippen LogP contribution in [0.25, 0.3) is 10.1 Å². The van der Waals surface area contributed by atoms with Gasteiger partial charge in [0.2, 0.25) is 0 Å². The highest BCUT2D eigenvalue weighted by Crippen LogP contribution is 2.32. The van der Waals surface area contributed by atoms with Crippen molar-refractivity contribution in [3.63, 3.8) is 0 Å². The SMILES string of the molecule is CCC(O)(c1ccc2sccc2c1)C(C)NC. The van der Waals surface area contributed by atoms with E-state index in [1.807, 2.05) is 27.0 Å². The van der Waals surface area contributed by atoms with Crippen LogP contribution in [0.2, 0.25) is 0 Å². The van der Waals surface area contributed by atoms with Crippen LogP contribution in [0.4, 0.5) is 0 Å². The van der Waals surface area contributed by atoms with Gasteiger partial charge in [0.25, 0.3) is 0 Å². The second-order valence-corrected chi connectivity index (χ2v) is 5.41. The van der Waals surface area contributed by atoms with Crippen LogP contribution in [0.3, 0.4) is 0 Å². The van der Waals surface area contributed by atoms with Crippen molar-refractivity contribution in [2.45, 2.75) is 31.9 Å². The largest absolute Gasteiger partial charge is 0.384 e.